The number of fused-ring (bicyclic) bond motifs is 1. The average molecular weight is 340 g/mol. The van der Waals surface area contributed by atoms with Gasteiger partial charge in [-0.1, -0.05) is 36.4 Å². The number of hydrogen-bond acceptors (Lipinski definition) is 3. The minimum atomic E-state index is -0.766. The van der Waals surface area contributed by atoms with Gasteiger partial charge in [0.05, 0.1) is 11.1 Å². The second kappa shape index (κ2) is 7.25. The summed E-state index contributed by atoms with van der Waals surface area (Å²) in [6.45, 7) is 0.0301. The first-order valence-electron chi connectivity index (χ1n) is 8.03. The molecule has 1 aliphatic rings. The predicted octanol–water partition coefficient (Wildman–Crippen LogP) is 2.17. The smallest absolute Gasteiger partial charge is 0.265 e. The predicted molar refractivity (Wildman–Crippen MR) is 89.5 cm³/mol. The van der Waals surface area contributed by atoms with Crippen LogP contribution in [0.1, 0.15) is 32.7 Å². The summed E-state index contributed by atoms with van der Waals surface area (Å²) in [5, 5.41) is 2.68. The van der Waals surface area contributed by atoms with Crippen LogP contribution in [0.3, 0.4) is 0 Å². The number of hydrogen-bond donors (Lipinski definition) is 1. The van der Waals surface area contributed by atoms with E-state index in [0.717, 1.165) is 23.8 Å². The largest absolute Gasteiger partial charge is 0.355 e. The van der Waals surface area contributed by atoms with Crippen molar-refractivity contribution in [2.75, 3.05) is 13.1 Å². The molecule has 0 aliphatic carbocycles. The van der Waals surface area contributed by atoms with Crippen molar-refractivity contribution in [2.24, 2.45) is 0 Å². The molecule has 5 nitrogen and oxygen atoms in total. The van der Waals surface area contributed by atoms with Crippen LogP contribution < -0.4 is 5.32 Å². The van der Waals surface area contributed by atoms with Gasteiger partial charge < -0.3 is 5.32 Å². The highest BCUT2D eigenvalue weighted by Crippen LogP contribution is 2.24. The average Bonchev–Trinajstić information content (AvgIpc) is 2.86. The molecule has 0 radical (unpaired) electrons. The Morgan fingerprint density at radius 1 is 1.00 bits per heavy atom. The number of halogens is 1. The lowest BCUT2D eigenvalue weighted by Crippen LogP contribution is -2.40. The molecule has 1 aliphatic heterocycles. The third-order valence-electron chi connectivity index (χ3n) is 4.06. The van der Waals surface area contributed by atoms with Crippen LogP contribution in [0.2, 0.25) is 0 Å². The third kappa shape index (κ3) is 3.57. The van der Waals surface area contributed by atoms with Crippen molar-refractivity contribution in [3.8, 4) is 0 Å². The van der Waals surface area contributed by atoms with Gasteiger partial charge in [-0.3, -0.25) is 19.3 Å². The summed E-state index contributed by atoms with van der Waals surface area (Å²) < 4.78 is 13.7. The molecule has 0 saturated carbocycles. The monoisotopic (exact) mass is 340 g/mol. The number of benzene rings is 2. The maximum Gasteiger partial charge on any atom is 0.265 e. The lowest BCUT2D eigenvalue weighted by molar-refractivity contribution is -0.121. The Kier molecular flexibility index (Phi) is 4.88. The quantitative estimate of drug-likeness (QED) is 0.647. The highest BCUT2D eigenvalue weighted by molar-refractivity contribution is 6.22. The number of nitrogens with one attached hydrogen (secondary N) is 1. The molecule has 128 valence electrons. The fraction of sp³-hybridized carbons (Fsp3) is 0.211. The van der Waals surface area contributed by atoms with E-state index in [1.54, 1.807) is 0 Å². The number of carbonyl (C=O) groups excluding carboxylic acids is 3. The van der Waals surface area contributed by atoms with Crippen molar-refractivity contribution in [1.29, 1.82) is 0 Å². The molecular weight excluding hydrogens is 323 g/mol. The van der Waals surface area contributed by atoms with Crippen LogP contribution in [-0.4, -0.2) is 35.7 Å². The van der Waals surface area contributed by atoms with Crippen LogP contribution in [0.4, 0.5) is 4.39 Å². The first kappa shape index (κ1) is 16.8. The van der Waals surface area contributed by atoms with E-state index in [1.165, 1.54) is 17.7 Å². The number of carbonyl (C=O) groups is 3. The maximum atomic E-state index is 13.7. The molecule has 0 fully saturated rings. The van der Waals surface area contributed by atoms with E-state index in [9.17, 15) is 18.8 Å². The summed E-state index contributed by atoms with van der Waals surface area (Å²) in [6.07, 6.45) is 1.56. The highest BCUT2D eigenvalue weighted by Gasteiger charge is 2.38. The van der Waals surface area contributed by atoms with E-state index < -0.39 is 30.1 Å². The molecular formula is C19H17FN2O3. The SMILES string of the molecule is O=C(CN1C(=O)c2cccc(F)c2C1=O)NCCCc1ccccc1. The van der Waals surface area contributed by atoms with Gasteiger partial charge in [0.15, 0.2) is 0 Å². The molecule has 0 spiro atoms. The highest BCUT2D eigenvalue weighted by atomic mass is 19.1. The minimum Gasteiger partial charge on any atom is -0.355 e. The Labute approximate surface area is 144 Å². The van der Waals surface area contributed by atoms with Gasteiger partial charge in [0, 0.05) is 6.54 Å². The van der Waals surface area contributed by atoms with Crippen LogP contribution in [0, 0.1) is 5.82 Å². The molecule has 6 heteroatoms. The van der Waals surface area contributed by atoms with Gasteiger partial charge in [-0.2, -0.15) is 0 Å². The lowest BCUT2D eigenvalue weighted by Gasteiger charge is -2.13. The first-order valence-corrected chi connectivity index (χ1v) is 8.03. The molecule has 2 aromatic carbocycles. The summed E-state index contributed by atoms with van der Waals surface area (Å²) in [7, 11) is 0. The van der Waals surface area contributed by atoms with Crippen LogP contribution in [-0.2, 0) is 11.2 Å². The Morgan fingerprint density at radius 3 is 2.48 bits per heavy atom. The van der Waals surface area contributed by atoms with Crippen molar-refractivity contribution in [1.82, 2.24) is 10.2 Å². The third-order valence-corrected chi connectivity index (χ3v) is 4.06. The van der Waals surface area contributed by atoms with Gasteiger partial charge in [-0.25, -0.2) is 4.39 Å². The van der Waals surface area contributed by atoms with Crippen molar-refractivity contribution in [3.05, 3.63) is 71.0 Å². The second-order valence-corrected chi connectivity index (χ2v) is 5.80. The van der Waals surface area contributed by atoms with E-state index >= 15 is 0 Å². The molecule has 25 heavy (non-hydrogen) atoms. The zero-order valence-corrected chi connectivity index (χ0v) is 13.5. The summed E-state index contributed by atoms with van der Waals surface area (Å²) in [5.74, 6) is -2.60. The summed E-state index contributed by atoms with van der Waals surface area (Å²) >= 11 is 0. The van der Waals surface area contributed by atoms with Crippen molar-refractivity contribution in [2.45, 2.75) is 12.8 Å². The summed E-state index contributed by atoms with van der Waals surface area (Å²) in [6, 6.07) is 13.7. The minimum absolute atomic E-state index is 0.00174. The molecule has 0 unspecified atom stereocenters. The van der Waals surface area contributed by atoms with E-state index in [-0.39, 0.29) is 11.1 Å². The van der Waals surface area contributed by atoms with E-state index in [0.29, 0.717) is 6.54 Å². The number of aryl methyl sites for hydroxylation is 1. The van der Waals surface area contributed by atoms with Gasteiger partial charge >= 0.3 is 0 Å². The van der Waals surface area contributed by atoms with Crippen LogP contribution in [0.15, 0.2) is 48.5 Å². The second-order valence-electron chi connectivity index (χ2n) is 5.80. The molecule has 0 aromatic heterocycles. The topological polar surface area (TPSA) is 66.5 Å². The Hall–Kier alpha value is -3.02. The maximum absolute atomic E-state index is 13.7. The molecule has 2 aromatic rings. The van der Waals surface area contributed by atoms with Gasteiger partial charge in [-0.15, -0.1) is 0 Å². The van der Waals surface area contributed by atoms with Gasteiger partial charge in [0.2, 0.25) is 5.91 Å². The van der Waals surface area contributed by atoms with Crippen molar-refractivity contribution in [3.63, 3.8) is 0 Å². The lowest BCUT2D eigenvalue weighted by atomic mass is 10.1. The molecule has 1 N–H and O–H groups in total. The van der Waals surface area contributed by atoms with Crippen LogP contribution >= 0.6 is 0 Å². The van der Waals surface area contributed by atoms with Gasteiger partial charge in [-0.05, 0) is 30.5 Å². The van der Waals surface area contributed by atoms with Crippen LogP contribution in [0.25, 0.3) is 0 Å². The van der Waals surface area contributed by atoms with E-state index in [4.69, 9.17) is 0 Å². The molecule has 0 saturated heterocycles. The Morgan fingerprint density at radius 2 is 1.76 bits per heavy atom. The Bertz CT molecular complexity index is 821. The summed E-state index contributed by atoms with van der Waals surface area (Å²) in [4.78, 5) is 37.1. The Balaban J connectivity index is 1.51. The first-order chi connectivity index (χ1) is 12.1. The van der Waals surface area contributed by atoms with Crippen LogP contribution in [0.5, 0.6) is 0 Å². The fourth-order valence-electron chi connectivity index (χ4n) is 2.80. The zero-order valence-electron chi connectivity index (χ0n) is 13.5. The van der Waals surface area contributed by atoms with E-state index in [1.807, 2.05) is 30.3 Å². The van der Waals surface area contributed by atoms with Gasteiger partial charge in [0.25, 0.3) is 11.8 Å². The number of amides is 3. The molecule has 3 amide bonds. The molecule has 0 bridgehead atoms. The number of rotatable bonds is 6. The number of imide groups is 1. The normalized spacial score (nSPS) is 13.1. The summed E-state index contributed by atoms with van der Waals surface area (Å²) in [5.41, 5.74) is 0.916. The van der Waals surface area contributed by atoms with E-state index in [2.05, 4.69) is 5.32 Å². The molecule has 3 rings (SSSR count). The zero-order chi connectivity index (χ0) is 17.8. The van der Waals surface area contributed by atoms with Crippen molar-refractivity contribution < 1.29 is 18.8 Å². The molecule has 0 atom stereocenters. The van der Waals surface area contributed by atoms with Crippen molar-refractivity contribution >= 4 is 17.7 Å². The van der Waals surface area contributed by atoms with Gasteiger partial charge in [0.1, 0.15) is 12.4 Å². The fourth-order valence-corrected chi connectivity index (χ4v) is 2.80. The standard InChI is InChI=1S/C19H17FN2O3/c20-15-10-4-9-14-17(15)19(25)22(18(14)24)12-16(23)21-11-5-8-13-6-2-1-3-7-13/h1-4,6-7,9-10H,5,8,11-12H2,(H,21,23). The molecule has 1 heterocycles. The number of nitrogens with zero attached hydrogens (tertiary/aromatic N) is 1.